The Bertz CT molecular complexity index is 1070. The molecule has 0 aliphatic carbocycles. The van der Waals surface area contributed by atoms with Crippen LogP contribution in [0.25, 0.3) is 22.3 Å². The van der Waals surface area contributed by atoms with Crippen LogP contribution in [0.5, 0.6) is 11.5 Å². The molecule has 2 saturated heterocycles. The van der Waals surface area contributed by atoms with Gasteiger partial charge < -0.3 is 18.9 Å². The minimum Gasteiger partial charge on any atom is -0.488 e. The predicted octanol–water partition coefficient (Wildman–Crippen LogP) is 6.44. The maximum absolute atomic E-state index is 6.20. The summed E-state index contributed by atoms with van der Waals surface area (Å²) in [6.07, 6.45) is 2.70. The van der Waals surface area contributed by atoms with E-state index in [0.29, 0.717) is 0 Å². The lowest BCUT2D eigenvalue weighted by Crippen LogP contribution is -2.22. The molecule has 5 rings (SSSR count). The molecule has 4 unspecified atom stereocenters. The van der Waals surface area contributed by atoms with Crippen molar-refractivity contribution in [2.75, 3.05) is 13.2 Å². The van der Waals surface area contributed by atoms with E-state index in [1.165, 1.54) is 22.3 Å². The van der Waals surface area contributed by atoms with Crippen LogP contribution in [0.15, 0.2) is 66.7 Å². The van der Waals surface area contributed by atoms with Crippen LogP contribution in [0.3, 0.4) is 0 Å². The molecule has 4 atom stereocenters. The fourth-order valence-corrected chi connectivity index (χ4v) is 4.26. The van der Waals surface area contributed by atoms with Gasteiger partial charge in [0.2, 0.25) is 0 Å². The molecule has 2 fully saturated rings. The van der Waals surface area contributed by atoms with Crippen molar-refractivity contribution < 1.29 is 18.9 Å². The molecule has 0 N–H and O–H groups in total. The molecule has 0 spiro atoms. The van der Waals surface area contributed by atoms with E-state index in [1.54, 1.807) is 0 Å². The Morgan fingerprint density at radius 3 is 1.64 bits per heavy atom. The van der Waals surface area contributed by atoms with Crippen LogP contribution in [0.2, 0.25) is 0 Å². The third-order valence-electron chi connectivity index (χ3n) is 6.50. The van der Waals surface area contributed by atoms with Crippen molar-refractivity contribution >= 4 is 0 Å². The van der Waals surface area contributed by atoms with E-state index >= 15 is 0 Å². The van der Waals surface area contributed by atoms with Gasteiger partial charge in [0.1, 0.15) is 35.9 Å². The Morgan fingerprint density at radius 1 is 0.697 bits per heavy atom. The molecule has 0 radical (unpaired) electrons. The van der Waals surface area contributed by atoms with Crippen LogP contribution < -0.4 is 9.47 Å². The number of benzene rings is 3. The SMILES string of the molecule is CCC(Oc1ccc(-c2ccc(-c3ccc(OC(CC)C4CO4)c(C)c3)cc2)cc1)C1CO1. The summed E-state index contributed by atoms with van der Waals surface area (Å²) in [4.78, 5) is 0. The standard InChI is InChI=1S/C29H32O4/c1-4-25(28-17-30-28)32-24-13-10-21(11-14-24)20-6-8-22(9-7-20)23-12-15-27(19(3)16-23)33-26(5-2)29-18-31-29/h6-16,25-26,28-29H,4-5,17-18H2,1-3H3. The van der Waals surface area contributed by atoms with E-state index in [4.69, 9.17) is 18.9 Å². The second-order valence-electron chi connectivity index (χ2n) is 8.95. The fourth-order valence-electron chi connectivity index (χ4n) is 4.26. The minimum atomic E-state index is 0.139. The highest BCUT2D eigenvalue weighted by Crippen LogP contribution is 2.31. The van der Waals surface area contributed by atoms with Gasteiger partial charge in [-0.15, -0.1) is 0 Å². The summed E-state index contributed by atoms with van der Waals surface area (Å²) < 4.78 is 23.1. The molecule has 2 aliphatic heterocycles. The Morgan fingerprint density at radius 2 is 1.15 bits per heavy atom. The summed E-state index contributed by atoms with van der Waals surface area (Å²) in [6, 6.07) is 23.5. The Labute approximate surface area is 196 Å². The van der Waals surface area contributed by atoms with Gasteiger partial charge in [0.15, 0.2) is 0 Å². The Balaban J connectivity index is 1.26. The lowest BCUT2D eigenvalue weighted by molar-refractivity contribution is 0.154. The van der Waals surface area contributed by atoms with Crippen LogP contribution in [-0.4, -0.2) is 37.6 Å². The van der Waals surface area contributed by atoms with Crippen molar-refractivity contribution in [1.82, 2.24) is 0 Å². The van der Waals surface area contributed by atoms with Gasteiger partial charge in [0.25, 0.3) is 0 Å². The largest absolute Gasteiger partial charge is 0.488 e. The lowest BCUT2D eigenvalue weighted by atomic mass is 9.99. The van der Waals surface area contributed by atoms with Gasteiger partial charge in [-0.1, -0.05) is 56.3 Å². The molecular weight excluding hydrogens is 412 g/mol. The lowest BCUT2D eigenvalue weighted by Gasteiger charge is -2.18. The summed E-state index contributed by atoms with van der Waals surface area (Å²) in [5, 5.41) is 0. The highest BCUT2D eigenvalue weighted by atomic mass is 16.6. The van der Waals surface area contributed by atoms with Crippen molar-refractivity contribution in [2.24, 2.45) is 0 Å². The molecule has 4 nitrogen and oxygen atoms in total. The van der Waals surface area contributed by atoms with E-state index in [1.807, 2.05) is 12.1 Å². The maximum atomic E-state index is 6.20. The van der Waals surface area contributed by atoms with E-state index in [9.17, 15) is 0 Å². The molecule has 0 bridgehead atoms. The quantitative estimate of drug-likeness (QED) is 0.338. The first-order valence-electron chi connectivity index (χ1n) is 12.0. The van der Waals surface area contributed by atoms with Crippen LogP contribution in [0, 0.1) is 6.92 Å². The molecular formula is C29H32O4. The highest BCUT2D eigenvalue weighted by Gasteiger charge is 2.34. The molecule has 3 aromatic rings. The van der Waals surface area contributed by atoms with E-state index in [0.717, 1.165) is 43.1 Å². The second kappa shape index (κ2) is 9.58. The topological polar surface area (TPSA) is 43.5 Å². The van der Waals surface area contributed by atoms with Crippen LogP contribution in [-0.2, 0) is 9.47 Å². The first kappa shape index (κ1) is 22.0. The summed E-state index contributed by atoms with van der Waals surface area (Å²) in [5.74, 6) is 1.84. The van der Waals surface area contributed by atoms with E-state index in [2.05, 4.69) is 75.4 Å². The average Bonchev–Trinajstić information content (AvgIpc) is 3.76. The van der Waals surface area contributed by atoms with Gasteiger partial charge in [-0.3, -0.25) is 0 Å². The fraction of sp³-hybridized carbons (Fsp3) is 0.379. The van der Waals surface area contributed by atoms with Crippen molar-refractivity contribution in [3.8, 4) is 33.8 Å². The maximum Gasteiger partial charge on any atom is 0.127 e. The first-order valence-corrected chi connectivity index (χ1v) is 12.0. The zero-order valence-electron chi connectivity index (χ0n) is 19.6. The van der Waals surface area contributed by atoms with Gasteiger partial charge in [-0.05, 0) is 71.8 Å². The average molecular weight is 445 g/mol. The number of ether oxygens (including phenoxy) is 4. The van der Waals surface area contributed by atoms with Crippen molar-refractivity contribution in [3.63, 3.8) is 0 Å². The number of rotatable bonds is 10. The molecule has 4 heteroatoms. The van der Waals surface area contributed by atoms with Crippen LogP contribution in [0.4, 0.5) is 0 Å². The summed E-state index contributed by atoms with van der Waals surface area (Å²) in [6.45, 7) is 8.01. The number of epoxide rings is 2. The van der Waals surface area contributed by atoms with Crippen LogP contribution in [0.1, 0.15) is 32.3 Å². The van der Waals surface area contributed by atoms with Crippen LogP contribution >= 0.6 is 0 Å². The summed E-state index contributed by atoms with van der Waals surface area (Å²) >= 11 is 0. The molecule has 0 aromatic heterocycles. The highest BCUT2D eigenvalue weighted by molar-refractivity contribution is 5.71. The van der Waals surface area contributed by atoms with Gasteiger partial charge in [0, 0.05) is 0 Å². The molecule has 0 saturated carbocycles. The molecule has 2 heterocycles. The van der Waals surface area contributed by atoms with E-state index < -0.39 is 0 Å². The second-order valence-corrected chi connectivity index (χ2v) is 8.95. The third kappa shape index (κ3) is 5.23. The number of hydrogen-bond acceptors (Lipinski definition) is 4. The molecule has 0 amide bonds. The summed E-state index contributed by atoms with van der Waals surface area (Å²) in [5.41, 5.74) is 5.90. The molecule has 2 aliphatic rings. The third-order valence-corrected chi connectivity index (χ3v) is 6.50. The van der Waals surface area contributed by atoms with E-state index in [-0.39, 0.29) is 24.4 Å². The van der Waals surface area contributed by atoms with Crippen molar-refractivity contribution in [3.05, 3.63) is 72.3 Å². The molecule has 3 aromatic carbocycles. The zero-order valence-corrected chi connectivity index (χ0v) is 19.6. The number of hydrogen-bond donors (Lipinski definition) is 0. The molecule has 172 valence electrons. The Kier molecular flexibility index (Phi) is 6.39. The van der Waals surface area contributed by atoms with Gasteiger partial charge in [-0.2, -0.15) is 0 Å². The van der Waals surface area contributed by atoms with Crippen molar-refractivity contribution in [2.45, 2.75) is 58.0 Å². The molecule has 33 heavy (non-hydrogen) atoms. The normalized spacial score (nSPS) is 20.7. The number of aryl methyl sites for hydroxylation is 1. The van der Waals surface area contributed by atoms with Crippen molar-refractivity contribution in [1.29, 1.82) is 0 Å². The first-order chi connectivity index (χ1) is 16.1. The monoisotopic (exact) mass is 444 g/mol. The van der Waals surface area contributed by atoms with Gasteiger partial charge in [0.05, 0.1) is 13.2 Å². The van der Waals surface area contributed by atoms with Gasteiger partial charge >= 0.3 is 0 Å². The smallest absolute Gasteiger partial charge is 0.127 e. The van der Waals surface area contributed by atoms with Gasteiger partial charge in [-0.25, -0.2) is 0 Å². The summed E-state index contributed by atoms with van der Waals surface area (Å²) in [7, 11) is 0. The minimum absolute atomic E-state index is 0.139. The Hall–Kier alpha value is -2.82. The predicted molar refractivity (Wildman–Crippen MR) is 131 cm³/mol. The zero-order chi connectivity index (χ0) is 22.8.